The third-order valence-corrected chi connectivity index (χ3v) is 11.2. The van der Waals surface area contributed by atoms with Crippen LogP contribution in [-0.2, 0) is 4.74 Å². The van der Waals surface area contributed by atoms with Crippen molar-refractivity contribution >= 4 is 0 Å². The maximum atomic E-state index is 10.9. The predicted molar refractivity (Wildman–Crippen MR) is 125 cm³/mol. The first-order valence-corrected chi connectivity index (χ1v) is 13.5. The molecule has 3 saturated carbocycles. The highest BCUT2D eigenvalue weighted by Crippen LogP contribution is 2.65. The summed E-state index contributed by atoms with van der Waals surface area (Å²) in [4.78, 5) is 0. The van der Waals surface area contributed by atoms with Crippen molar-refractivity contribution in [2.75, 3.05) is 13.2 Å². The smallest absolute Gasteiger partial charge is 0.0902 e. The Morgan fingerprint density at radius 3 is 2.65 bits per heavy atom. The van der Waals surface area contributed by atoms with Gasteiger partial charge in [-0.2, -0.15) is 0 Å². The molecule has 4 aliphatic carbocycles. The fraction of sp³-hybridized carbons (Fsp3) is 0.929. The van der Waals surface area contributed by atoms with Gasteiger partial charge in [0.05, 0.1) is 17.8 Å². The summed E-state index contributed by atoms with van der Waals surface area (Å²) in [6.07, 6.45) is 16.3. The Morgan fingerprint density at radius 2 is 1.90 bits per heavy atom. The second-order valence-electron chi connectivity index (χ2n) is 12.6. The number of hydrogen-bond donors (Lipinski definition) is 2. The van der Waals surface area contributed by atoms with Crippen LogP contribution in [0.2, 0.25) is 0 Å². The molecule has 3 heteroatoms. The molecule has 0 spiro atoms. The lowest BCUT2D eigenvalue weighted by Crippen LogP contribution is -2.48. The number of aliphatic hydroxyl groups is 2. The highest BCUT2D eigenvalue weighted by molar-refractivity contribution is 5.22. The Balaban J connectivity index is 1.27. The van der Waals surface area contributed by atoms with Gasteiger partial charge in [0.1, 0.15) is 0 Å². The van der Waals surface area contributed by atoms with Crippen molar-refractivity contribution in [2.24, 2.45) is 40.9 Å². The quantitative estimate of drug-likeness (QED) is 0.535. The van der Waals surface area contributed by atoms with E-state index in [0.717, 1.165) is 74.7 Å². The van der Waals surface area contributed by atoms with Crippen LogP contribution in [0.1, 0.15) is 97.8 Å². The van der Waals surface area contributed by atoms with Crippen LogP contribution in [0.3, 0.4) is 0 Å². The molecule has 31 heavy (non-hydrogen) atoms. The zero-order chi connectivity index (χ0) is 21.9. The highest BCUT2D eigenvalue weighted by atomic mass is 16.5. The molecule has 176 valence electrons. The second-order valence-corrected chi connectivity index (χ2v) is 12.6. The van der Waals surface area contributed by atoms with Gasteiger partial charge < -0.3 is 14.9 Å². The van der Waals surface area contributed by atoms with Gasteiger partial charge in [-0.05, 0) is 112 Å². The minimum Gasteiger partial charge on any atom is -0.390 e. The van der Waals surface area contributed by atoms with Crippen molar-refractivity contribution in [3.63, 3.8) is 0 Å². The average Bonchev–Trinajstić information content (AvgIpc) is 3.35. The van der Waals surface area contributed by atoms with Gasteiger partial charge in [-0.1, -0.05) is 32.4 Å². The summed E-state index contributed by atoms with van der Waals surface area (Å²) in [7, 11) is 0. The van der Waals surface area contributed by atoms with Crippen molar-refractivity contribution in [2.45, 2.75) is 109 Å². The third-order valence-electron chi connectivity index (χ3n) is 11.2. The minimum atomic E-state index is -0.559. The summed E-state index contributed by atoms with van der Waals surface area (Å²) in [5.41, 5.74) is 1.10. The molecule has 0 aromatic rings. The normalized spacial score (nSPS) is 50.4. The third kappa shape index (κ3) is 3.85. The number of rotatable bonds is 5. The van der Waals surface area contributed by atoms with E-state index in [0.29, 0.717) is 17.9 Å². The summed E-state index contributed by atoms with van der Waals surface area (Å²) in [5, 5.41) is 21.6. The summed E-state index contributed by atoms with van der Waals surface area (Å²) >= 11 is 0. The van der Waals surface area contributed by atoms with Crippen LogP contribution in [0.4, 0.5) is 0 Å². The monoisotopic (exact) mass is 430 g/mol. The Kier molecular flexibility index (Phi) is 5.88. The number of fused-ring (bicyclic) bond motifs is 5. The number of hydrogen-bond acceptors (Lipinski definition) is 3. The maximum absolute atomic E-state index is 10.9. The van der Waals surface area contributed by atoms with Gasteiger partial charge in [0.25, 0.3) is 0 Å². The van der Waals surface area contributed by atoms with E-state index in [1.165, 1.54) is 38.5 Å². The molecule has 0 bridgehead atoms. The molecule has 1 saturated heterocycles. The molecule has 5 aliphatic rings. The lowest BCUT2D eigenvalue weighted by Gasteiger charge is -2.55. The first-order chi connectivity index (χ1) is 14.8. The molecule has 1 aliphatic heterocycles. The van der Waals surface area contributed by atoms with E-state index in [9.17, 15) is 10.2 Å². The van der Waals surface area contributed by atoms with Crippen molar-refractivity contribution in [3.05, 3.63) is 11.6 Å². The molecule has 0 amide bonds. The molecule has 3 nitrogen and oxygen atoms in total. The minimum absolute atomic E-state index is 0.430. The highest BCUT2D eigenvalue weighted by Gasteiger charge is 2.57. The standard InChI is InChI=1S/C28H46O3/c1-4-27(29)14-11-21-20(17-27)5-6-23-22(21)10-12-26(3)24(7-8-25(23)26)19(2)9-13-28(30)15-16-31-18-28/h5,19,21-25,29-30H,4,6-18H2,1-3H3/t19-,21+,22-,23-,24-,25+,26-,27+,28-/m1/s1. The van der Waals surface area contributed by atoms with E-state index < -0.39 is 11.2 Å². The van der Waals surface area contributed by atoms with Crippen molar-refractivity contribution in [3.8, 4) is 0 Å². The number of allylic oxidation sites excluding steroid dienone is 1. The molecule has 0 aromatic heterocycles. The van der Waals surface area contributed by atoms with Gasteiger partial charge in [-0.25, -0.2) is 0 Å². The maximum Gasteiger partial charge on any atom is 0.0902 e. The van der Waals surface area contributed by atoms with Gasteiger partial charge in [-0.3, -0.25) is 0 Å². The molecule has 4 fully saturated rings. The molecule has 5 rings (SSSR count). The van der Waals surface area contributed by atoms with E-state index >= 15 is 0 Å². The Labute approximate surface area is 190 Å². The van der Waals surface area contributed by atoms with Crippen LogP contribution in [0.25, 0.3) is 0 Å². The molecule has 1 heterocycles. The molecule has 0 radical (unpaired) electrons. The van der Waals surface area contributed by atoms with Crippen LogP contribution in [0.15, 0.2) is 11.6 Å². The largest absolute Gasteiger partial charge is 0.390 e. The topological polar surface area (TPSA) is 49.7 Å². The molecular weight excluding hydrogens is 384 g/mol. The molecule has 2 N–H and O–H groups in total. The second kappa shape index (κ2) is 8.13. The van der Waals surface area contributed by atoms with Gasteiger partial charge in [0.2, 0.25) is 0 Å². The zero-order valence-corrected chi connectivity index (χ0v) is 20.2. The lowest BCUT2D eigenvalue weighted by molar-refractivity contribution is -0.0481. The van der Waals surface area contributed by atoms with Gasteiger partial charge >= 0.3 is 0 Å². The lowest BCUT2D eigenvalue weighted by atomic mass is 9.50. The van der Waals surface area contributed by atoms with Gasteiger partial charge in [0, 0.05) is 13.0 Å². The fourth-order valence-electron chi connectivity index (χ4n) is 9.13. The molecule has 0 unspecified atom stereocenters. The van der Waals surface area contributed by atoms with E-state index in [4.69, 9.17) is 4.74 Å². The SMILES string of the molecule is CC[C@]1(O)CC[C@H]2C(=CC[C@@H]3[C@@H]2CC[C@]2(C)[C@@H]([C@H](C)CC[C@@]4(O)CCOC4)CC[C@@H]32)C1. The van der Waals surface area contributed by atoms with Crippen molar-refractivity contribution < 1.29 is 14.9 Å². The zero-order valence-electron chi connectivity index (χ0n) is 20.2. The summed E-state index contributed by atoms with van der Waals surface area (Å²) in [5.74, 6) is 4.87. The van der Waals surface area contributed by atoms with E-state index in [1.807, 2.05) is 0 Å². The van der Waals surface area contributed by atoms with Crippen LogP contribution < -0.4 is 0 Å². The molecular formula is C28H46O3. The van der Waals surface area contributed by atoms with E-state index in [1.54, 1.807) is 5.57 Å². The number of ether oxygens (including phenoxy) is 1. The summed E-state index contributed by atoms with van der Waals surface area (Å²) < 4.78 is 5.47. The molecule has 0 aromatic carbocycles. The van der Waals surface area contributed by atoms with Crippen LogP contribution in [0.5, 0.6) is 0 Å². The average molecular weight is 431 g/mol. The van der Waals surface area contributed by atoms with Crippen LogP contribution in [-0.4, -0.2) is 34.6 Å². The predicted octanol–water partition coefficient (Wildman–Crippen LogP) is 5.88. The first kappa shape index (κ1) is 22.4. The van der Waals surface area contributed by atoms with Crippen molar-refractivity contribution in [1.82, 2.24) is 0 Å². The van der Waals surface area contributed by atoms with E-state index in [2.05, 4.69) is 26.8 Å². The van der Waals surface area contributed by atoms with Crippen LogP contribution in [0, 0.1) is 40.9 Å². The van der Waals surface area contributed by atoms with Gasteiger partial charge in [-0.15, -0.1) is 0 Å². The Morgan fingerprint density at radius 1 is 1.06 bits per heavy atom. The summed E-state index contributed by atoms with van der Waals surface area (Å²) in [6, 6.07) is 0. The van der Waals surface area contributed by atoms with Gasteiger partial charge in [0.15, 0.2) is 0 Å². The Hall–Kier alpha value is -0.380. The van der Waals surface area contributed by atoms with Crippen molar-refractivity contribution in [1.29, 1.82) is 0 Å². The molecule has 9 atom stereocenters. The Bertz CT molecular complexity index is 694. The fourth-order valence-corrected chi connectivity index (χ4v) is 9.13. The first-order valence-electron chi connectivity index (χ1n) is 13.5. The summed E-state index contributed by atoms with van der Waals surface area (Å²) in [6.45, 7) is 8.51. The van der Waals surface area contributed by atoms with Crippen LogP contribution >= 0.6 is 0 Å². The van der Waals surface area contributed by atoms with E-state index in [-0.39, 0.29) is 0 Å².